The lowest BCUT2D eigenvalue weighted by Crippen LogP contribution is -2.39. The van der Waals surface area contributed by atoms with Crippen LogP contribution in [-0.4, -0.2) is 57.8 Å². The number of fused-ring (bicyclic) bond motifs is 1. The summed E-state index contributed by atoms with van der Waals surface area (Å²) < 4.78 is 0. The van der Waals surface area contributed by atoms with E-state index in [1.807, 2.05) is 48.6 Å². The van der Waals surface area contributed by atoms with E-state index in [2.05, 4.69) is 14.9 Å². The number of carbonyl (C=O) groups excluding carboxylic acids is 1. The van der Waals surface area contributed by atoms with Crippen LogP contribution in [0.25, 0.3) is 11.0 Å². The van der Waals surface area contributed by atoms with Crippen LogP contribution >= 0.6 is 11.3 Å². The molecule has 26 heavy (non-hydrogen) atoms. The van der Waals surface area contributed by atoms with Crippen LogP contribution in [-0.2, 0) is 6.54 Å². The van der Waals surface area contributed by atoms with Gasteiger partial charge in [0.15, 0.2) is 0 Å². The molecule has 6 nitrogen and oxygen atoms in total. The summed E-state index contributed by atoms with van der Waals surface area (Å²) in [5, 5.41) is 2.86. The number of likely N-dealkylation sites (tertiary alicyclic amines) is 1. The number of aromatic amines is 1. The van der Waals surface area contributed by atoms with Crippen molar-refractivity contribution in [1.82, 2.24) is 24.8 Å². The second kappa shape index (κ2) is 7.17. The molecule has 1 aliphatic rings. The summed E-state index contributed by atoms with van der Waals surface area (Å²) in [7, 11) is 4.01. The zero-order chi connectivity index (χ0) is 18.1. The zero-order valence-corrected chi connectivity index (χ0v) is 15.9. The van der Waals surface area contributed by atoms with Crippen molar-refractivity contribution in [3.63, 3.8) is 0 Å². The normalized spacial score (nSPS) is 18.0. The molecule has 0 radical (unpaired) electrons. The van der Waals surface area contributed by atoms with Gasteiger partial charge in [-0.05, 0) is 39.1 Å². The van der Waals surface area contributed by atoms with Crippen molar-refractivity contribution in [2.45, 2.75) is 25.3 Å². The van der Waals surface area contributed by atoms with E-state index in [0.29, 0.717) is 12.2 Å². The quantitative estimate of drug-likeness (QED) is 0.767. The van der Waals surface area contributed by atoms with Crippen LogP contribution < -0.4 is 0 Å². The number of H-pyrrole nitrogens is 1. The lowest BCUT2D eigenvalue weighted by atomic mass is 9.97. The first-order valence-electron chi connectivity index (χ1n) is 8.93. The van der Waals surface area contributed by atoms with Crippen LogP contribution in [0.1, 0.15) is 40.1 Å². The Bertz CT molecular complexity index is 882. The Kier molecular flexibility index (Phi) is 4.74. The Labute approximate surface area is 156 Å². The Morgan fingerprint density at radius 3 is 3.00 bits per heavy atom. The predicted octanol–water partition coefficient (Wildman–Crippen LogP) is 3.10. The molecule has 136 valence electrons. The van der Waals surface area contributed by atoms with E-state index in [-0.39, 0.29) is 11.8 Å². The fourth-order valence-corrected chi connectivity index (χ4v) is 4.35. The molecule has 0 unspecified atom stereocenters. The highest BCUT2D eigenvalue weighted by molar-refractivity contribution is 7.09. The lowest BCUT2D eigenvalue weighted by molar-refractivity contribution is 0.0699. The zero-order valence-electron chi connectivity index (χ0n) is 15.1. The van der Waals surface area contributed by atoms with Crippen molar-refractivity contribution in [3.8, 4) is 0 Å². The largest absolute Gasteiger partial charge is 0.342 e. The second-order valence-electron chi connectivity index (χ2n) is 7.09. The molecule has 3 aromatic rings. The lowest BCUT2D eigenvalue weighted by Gasteiger charge is -2.31. The molecule has 1 N–H and O–H groups in total. The molecule has 7 heteroatoms. The molecule has 0 bridgehead atoms. The first kappa shape index (κ1) is 17.2. The molecule has 4 rings (SSSR count). The molecule has 1 saturated heterocycles. The number of nitrogens with one attached hydrogen (secondary N) is 1. The average Bonchev–Trinajstić information content (AvgIpc) is 3.27. The van der Waals surface area contributed by atoms with Crippen molar-refractivity contribution in [3.05, 3.63) is 46.2 Å². The molecule has 0 spiro atoms. The van der Waals surface area contributed by atoms with Crippen LogP contribution in [0.15, 0.2) is 29.6 Å². The summed E-state index contributed by atoms with van der Waals surface area (Å²) in [5.74, 6) is 1.27. The van der Waals surface area contributed by atoms with Crippen LogP contribution in [0.5, 0.6) is 0 Å². The van der Waals surface area contributed by atoms with Crippen LogP contribution in [0.4, 0.5) is 0 Å². The highest BCUT2D eigenvalue weighted by Gasteiger charge is 2.28. The Balaban J connectivity index is 1.49. The number of thiazole rings is 1. The number of amides is 1. The molecule has 1 atom stereocenters. The topological polar surface area (TPSA) is 65.1 Å². The molecular weight excluding hydrogens is 346 g/mol. The number of rotatable bonds is 4. The van der Waals surface area contributed by atoms with Gasteiger partial charge in [-0.25, -0.2) is 9.97 Å². The van der Waals surface area contributed by atoms with Gasteiger partial charge in [0.25, 0.3) is 5.91 Å². The number of hydrogen-bond acceptors (Lipinski definition) is 5. The number of hydrogen-bond donors (Lipinski definition) is 1. The van der Waals surface area contributed by atoms with Gasteiger partial charge < -0.3 is 14.8 Å². The molecule has 3 heterocycles. The molecule has 0 aliphatic carbocycles. The number of imidazole rings is 1. The maximum absolute atomic E-state index is 12.9. The van der Waals surface area contributed by atoms with Crippen molar-refractivity contribution in [2.24, 2.45) is 0 Å². The first-order chi connectivity index (χ1) is 12.6. The summed E-state index contributed by atoms with van der Waals surface area (Å²) >= 11 is 1.55. The maximum Gasteiger partial charge on any atom is 0.273 e. The number of benzene rings is 1. The van der Waals surface area contributed by atoms with Gasteiger partial charge in [-0.3, -0.25) is 4.79 Å². The Morgan fingerprint density at radius 2 is 2.19 bits per heavy atom. The SMILES string of the molecule is CN(C)Cc1nc(C(=O)N2CCC[C@H](c3nc4ccccc4[nH]3)C2)cs1. The standard InChI is InChI=1S/C19H23N5OS/c1-23(2)11-17-20-16(12-26-17)19(25)24-9-5-6-13(10-24)18-21-14-7-3-4-8-15(14)22-18/h3-4,7-8,12-13H,5-6,9-11H2,1-2H3,(H,21,22)/t13-/m0/s1. The summed E-state index contributed by atoms with van der Waals surface area (Å²) in [5.41, 5.74) is 2.61. The second-order valence-corrected chi connectivity index (χ2v) is 8.04. The van der Waals surface area contributed by atoms with Gasteiger partial charge in [0, 0.05) is 30.9 Å². The van der Waals surface area contributed by atoms with Crippen LogP contribution in [0.3, 0.4) is 0 Å². The van der Waals surface area contributed by atoms with Gasteiger partial charge >= 0.3 is 0 Å². The third-order valence-corrected chi connectivity index (χ3v) is 5.56. The van der Waals surface area contributed by atoms with Gasteiger partial charge in [0.2, 0.25) is 0 Å². The number of nitrogens with zero attached hydrogens (tertiary/aromatic N) is 4. The van der Waals surface area contributed by atoms with E-state index >= 15 is 0 Å². The number of piperidine rings is 1. The highest BCUT2D eigenvalue weighted by Crippen LogP contribution is 2.27. The Morgan fingerprint density at radius 1 is 1.35 bits per heavy atom. The van der Waals surface area contributed by atoms with Gasteiger partial charge in [-0.1, -0.05) is 12.1 Å². The minimum Gasteiger partial charge on any atom is -0.342 e. The minimum absolute atomic E-state index is 0.0343. The van der Waals surface area contributed by atoms with E-state index in [0.717, 1.165) is 47.8 Å². The molecular formula is C19H23N5OS. The predicted molar refractivity (Wildman–Crippen MR) is 103 cm³/mol. The van der Waals surface area contributed by atoms with E-state index in [4.69, 9.17) is 4.98 Å². The summed E-state index contributed by atoms with van der Waals surface area (Å²) in [6.45, 7) is 2.24. The van der Waals surface area contributed by atoms with Gasteiger partial charge in [0.1, 0.15) is 16.5 Å². The van der Waals surface area contributed by atoms with Crippen LogP contribution in [0, 0.1) is 0 Å². The van der Waals surface area contributed by atoms with E-state index < -0.39 is 0 Å². The van der Waals surface area contributed by atoms with E-state index in [1.165, 1.54) is 0 Å². The fraction of sp³-hybridized carbons (Fsp3) is 0.421. The summed E-state index contributed by atoms with van der Waals surface area (Å²) in [4.78, 5) is 29.5. The number of para-hydroxylation sites is 2. The highest BCUT2D eigenvalue weighted by atomic mass is 32.1. The number of aromatic nitrogens is 3. The van der Waals surface area contributed by atoms with Gasteiger partial charge in [-0.2, -0.15) is 0 Å². The van der Waals surface area contributed by atoms with Crippen LogP contribution in [0.2, 0.25) is 0 Å². The first-order valence-corrected chi connectivity index (χ1v) is 9.81. The van der Waals surface area contributed by atoms with Gasteiger partial charge in [-0.15, -0.1) is 11.3 Å². The molecule has 1 aliphatic heterocycles. The van der Waals surface area contributed by atoms with E-state index in [1.54, 1.807) is 11.3 Å². The molecule has 1 aromatic carbocycles. The van der Waals surface area contributed by atoms with Crippen molar-refractivity contribution < 1.29 is 4.79 Å². The maximum atomic E-state index is 12.9. The molecule has 1 fully saturated rings. The molecule has 1 amide bonds. The average molecular weight is 369 g/mol. The van der Waals surface area contributed by atoms with Gasteiger partial charge in [0.05, 0.1) is 11.0 Å². The third kappa shape index (κ3) is 3.50. The Hall–Kier alpha value is -2.25. The molecule has 0 saturated carbocycles. The third-order valence-electron chi connectivity index (χ3n) is 4.73. The minimum atomic E-state index is 0.0343. The summed E-state index contributed by atoms with van der Waals surface area (Å²) in [6.07, 6.45) is 2.04. The molecule has 2 aromatic heterocycles. The van der Waals surface area contributed by atoms with E-state index in [9.17, 15) is 4.79 Å². The van der Waals surface area contributed by atoms with Crippen molar-refractivity contribution in [1.29, 1.82) is 0 Å². The van der Waals surface area contributed by atoms with Crippen molar-refractivity contribution >= 4 is 28.3 Å². The smallest absolute Gasteiger partial charge is 0.273 e. The fourth-order valence-electron chi connectivity index (χ4n) is 3.46. The monoisotopic (exact) mass is 369 g/mol. The van der Waals surface area contributed by atoms with Crippen molar-refractivity contribution in [2.75, 3.05) is 27.2 Å². The summed E-state index contributed by atoms with van der Waals surface area (Å²) in [6, 6.07) is 8.06. The number of carbonyl (C=O) groups is 1.